The van der Waals surface area contributed by atoms with Crippen molar-refractivity contribution in [3.63, 3.8) is 0 Å². The van der Waals surface area contributed by atoms with E-state index in [0.717, 1.165) is 27.7 Å². The summed E-state index contributed by atoms with van der Waals surface area (Å²) in [4.78, 5) is 23.1. The Hall–Kier alpha value is -3.07. The number of aliphatic hydroxyl groups excluding tert-OH is 1. The number of halogens is 1. The molecule has 36 heavy (non-hydrogen) atoms. The second-order valence-electron chi connectivity index (χ2n) is 11.2. The number of benzene rings is 1. The van der Waals surface area contributed by atoms with Crippen molar-refractivity contribution in [1.29, 1.82) is 0 Å². The predicted octanol–water partition coefficient (Wildman–Crippen LogP) is 4.73. The number of alkyl halides is 1. The summed E-state index contributed by atoms with van der Waals surface area (Å²) in [6.07, 6.45) is 1.80. The van der Waals surface area contributed by atoms with Crippen LogP contribution in [0.1, 0.15) is 74.5 Å². The number of hydrogen-bond acceptors (Lipinski definition) is 6. The largest absolute Gasteiger partial charge is 0.444 e. The highest BCUT2D eigenvalue weighted by Gasteiger charge is 2.35. The van der Waals surface area contributed by atoms with Crippen molar-refractivity contribution in [2.75, 3.05) is 13.1 Å². The monoisotopic (exact) mass is 495 g/mol. The Morgan fingerprint density at radius 3 is 2.58 bits per heavy atom. The van der Waals surface area contributed by atoms with Gasteiger partial charge in [0.05, 0.1) is 24.4 Å². The van der Waals surface area contributed by atoms with E-state index in [1.165, 1.54) is 4.90 Å². The molecule has 1 aliphatic heterocycles. The summed E-state index contributed by atoms with van der Waals surface area (Å²) >= 11 is 0. The molecule has 1 amide bonds. The van der Waals surface area contributed by atoms with E-state index in [9.17, 15) is 9.90 Å². The third-order valence-corrected chi connectivity index (χ3v) is 7.14. The van der Waals surface area contributed by atoms with Gasteiger partial charge in [0.25, 0.3) is 0 Å². The maximum absolute atomic E-state index is 15.5. The molecular formula is C27H34FN5O3. The Labute approximate surface area is 210 Å². The first-order valence-electron chi connectivity index (χ1n) is 12.6. The Kier molecular flexibility index (Phi) is 6.22. The van der Waals surface area contributed by atoms with Crippen LogP contribution in [0.25, 0.3) is 16.7 Å². The van der Waals surface area contributed by atoms with Crippen molar-refractivity contribution >= 4 is 17.0 Å². The molecule has 0 spiro atoms. The van der Waals surface area contributed by atoms with Gasteiger partial charge in [-0.1, -0.05) is 0 Å². The normalized spacial score (nSPS) is 24.6. The van der Waals surface area contributed by atoms with Gasteiger partial charge in [0, 0.05) is 35.5 Å². The minimum atomic E-state index is -1.20. The van der Waals surface area contributed by atoms with Crippen LogP contribution in [0.3, 0.4) is 0 Å². The molecule has 9 heteroatoms. The highest BCUT2D eigenvalue weighted by Crippen LogP contribution is 2.37. The second-order valence-corrected chi connectivity index (χ2v) is 11.2. The summed E-state index contributed by atoms with van der Waals surface area (Å²) in [5.41, 5.74) is 3.08. The number of nitrogens with zero attached hydrogens (tertiary/aromatic N) is 5. The van der Waals surface area contributed by atoms with Crippen LogP contribution in [0.5, 0.6) is 0 Å². The van der Waals surface area contributed by atoms with E-state index in [1.54, 1.807) is 10.9 Å². The molecule has 2 atom stereocenters. The smallest absolute Gasteiger partial charge is 0.410 e. The molecule has 8 nitrogen and oxygen atoms in total. The Morgan fingerprint density at radius 2 is 1.92 bits per heavy atom. The fourth-order valence-electron chi connectivity index (χ4n) is 5.25. The zero-order valence-corrected chi connectivity index (χ0v) is 21.5. The van der Waals surface area contributed by atoms with Crippen LogP contribution in [0.4, 0.5) is 9.18 Å². The molecule has 0 radical (unpaired) electrons. The number of carbonyl (C=O) groups excluding carboxylic acids is 1. The maximum atomic E-state index is 15.5. The molecular weight excluding hydrogens is 461 g/mol. The number of ether oxygens (including phenoxy) is 1. The molecule has 2 aromatic heterocycles. The molecule has 3 heterocycles. The van der Waals surface area contributed by atoms with E-state index in [1.807, 2.05) is 52.8 Å². The van der Waals surface area contributed by atoms with Crippen LogP contribution in [0.2, 0.25) is 0 Å². The van der Waals surface area contributed by atoms with E-state index in [0.29, 0.717) is 37.4 Å². The average Bonchev–Trinajstić information content (AvgIpc) is 3.17. The van der Waals surface area contributed by atoms with Crippen LogP contribution >= 0.6 is 0 Å². The second kappa shape index (κ2) is 9.10. The quantitative estimate of drug-likeness (QED) is 0.565. The van der Waals surface area contributed by atoms with Gasteiger partial charge < -0.3 is 14.7 Å². The molecule has 3 aromatic rings. The summed E-state index contributed by atoms with van der Waals surface area (Å²) < 4.78 is 22.7. The lowest BCUT2D eigenvalue weighted by Gasteiger charge is -2.36. The number of piperidine rings is 1. The van der Waals surface area contributed by atoms with Gasteiger partial charge in [0.2, 0.25) is 0 Å². The van der Waals surface area contributed by atoms with Crippen LogP contribution < -0.4 is 0 Å². The van der Waals surface area contributed by atoms with Crippen molar-refractivity contribution in [3.8, 4) is 5.82 Å². The van der Waals surface area contributed by atoms with E-state index >= 15 is 4.39 Å². The molecule has 1 N–H and O–H groups in total. The van der Waals surface area contributed by atoms with E-state index < -0.39 is 17.9 Å². The zero-order chi connectivity index (χ0) is 25.8. The highest BCUT2D eigenvalue weighted by molar-refractivity contribution is 5.82. The average molecular weight is 496 g/mol. The van der Waals surface area contributed by atoms with Crippen LogP contribution in [-0.4, -0.2) is 66.8 Å². The molecule has 1 aromatic carbocycles. The number of fused-ring (bicyclic) bond motifs is 1. The van der Waals surface area contributed by atoms with Gasteiger partial charge in [-0.25, -0.2) is 23.8 Å². The highest BCUT2D eigenvalue weighted by atomic mass is 19.1. The fraction of sp³-hybridized carbons (Fsp3) is 0.556. The topological polar surface area (TPSA) is 93.4 Å². The number of rotatable bonds is 3. The van der Waals surface area contributed by atoms with Crippen molar-refractivity contribution < 1.29 is 19.0 Å². The van der Waals surface area contributed by atoms with Crippen molar-refractivity contribution in [2.45, 2.75) is 83.6 Å². The van der Waals surface area contributed by atoms with Crippen LogP contribution in [-0.2, 0) is 4.74 Å². The van der Waals surface area contributed by atoms with Crippen molar-refractivity contribution in [1.82, 2.24) is 24.6 Å². The van der Waals surface area contributed by atoms with Crippen LogP contribution in [0, 0.1) is 13.8 Å². The lowest BCUT2D eigenvalue weighted by molar-refractivity contribution is 0.0111. The lowest BCUT2D eigenvalue weighted by Crippen LogP contribution is -2.46. The molecule has 0 unspecified atom stereocenters. The Morgan fingerprint density at radius 1 is 1.17 bits per heavy atom. The zero-order valence-electron chi connectivity index (χ0n) is 21.5. The standard InChI is InChI=1S/C27H34FN5O3/c1-15-8-18-13-29-33(25-12-23(30-16(2)31-25)17-9-19(34)10-17)24(18)11-21(15)20-6-7-32(14-22(20)28)26(35)36-27(3,4)5/h8,11-13,17,19-20,22,34H,6-7,9-10,14H2,1-5H3/t17?,19?,20-,22+/m1/s1. The summed E-state index contributed by atoms with van der Waals surface area (Å²) in [6, 6.07) is 5.99. The lowest BCUT2D eigenvalue weighted by atomic mass is 9.80. The number of aliphatic hydroxyl groups is 1. The fourth-order valence-corrected chi connectivity index (χ4v) is 5.25. The van der Waals surface area contributed by atoms with Gasteiger partial charge in [-0.05, 0) is 77.1 Å². The van der Waals surface area contributed by atoms with Gasteiger partial charge in [-0.15, -0.1) is 0 Å². The van der Waals surface area contributed by atoms with Gasteiger partial charge in [-0.2, -0.15) is 5.10 Å². The molecule has 5 rings (SSSR count). The first-order chi connectivity index (χ1) is 17.0. The minimum absolute atomic E-state index is 0.0119. The van der Waals surface area contributed by atoms with E-state index in [4.69, 9.17) is 4.74 Å². The minimum Gasteiger partial charge on any atom is -0.444 e. The molecule has 2 aliphatic rings. The Bertz CT molecular complexity index is 1290. The number of hydrogen-bond donors (Lipinski definition) is 1. The van der Waals surface area contributed by atoms with Crippen molar-refractivity contribution in [3.05, 3.63) is 47.0 Å². The molecule has 192 valence electrons. The van der Waals surface area contributed by atoms with Gasteiger partial charge >= 0.3 is 6.09 Å². The number of carbonyl (C=O) groups is 1. The molecule has 1 aliphatic carbocycles. The summed E-state index contributed by atoms with van der Waals surface area (Å²) in [5.74, 6) is 1.22. The van der Waals surface area contributed by atoms with E-state index in [2.05, 4.69) is 15.1 Å². The van der Waals surface area contributed by atoms with Crippen LogP contribution in [0.15, 0.2) is 24.4 Å². The SMILES string of the molecule is Cc1nc(C2CC(O)C2)cc(-n2ncc3cc(C)c([C@H]4CCN(C(=O)OC(C)(C)C)C[C@@H]4F)cc32)n1. The third kappa shape index (κ3) is 4.81. The van der Waals surface area contributed by atoms with Gasteiger partial charge in [-0.3, -0.25) is 0 Å². The number of aryl methyl sites for hydroxylation is 2. The number of likely N-dealkylation sites (tertiary alicyclic amines) is 1. The number of aromatic nitrogens is 4. The maximum Gasteiger partial charge on any atom is 0.410 e. The van der Waals surface area contributed by atoms with Gasteiger partial charge in [0.1, 0.15) is 17.6 Å². The first kappa shape index (κ1) is 24.6. The van der Waals surface area contributed by atoms with Gasteiger partial charge in [0.15, 0.2) is 5.82 Å². The first-order valence-corrected chi connectivity index (χ1v) is 12.6. The van der Waals surface area contributed by atoms with Crippen molar-refractivity contribution in [2.24, 2.45) is 0 Å². The molecule has 1 saturated heterocycles. The molecule has 0 bridgehead atoms. The molecule has 1 saturated carbocycles. The van der Waals surface area contributed by atoms with E-state index in [-0.39, 0.29) is 24.5 Å². The molecule has 2 fully saturated rings. The summed E-state index contributed by atoms with van der Waals surface area (Å²) in [6.45, 7) is 9.73. The Balaban J connectivity index is 1.43. The third-order valence-electron chi connectivity index (χ3n) is 7.14. The predicted molar refractivity (Wildman–Crippen MR) is 134 cm³/mol. The summed E-state index contributed by atoms with van der Waals surface area (Å²) in [5, 5.41) is 15.3. The summed E-state index contributed by atoms with van der Waals surface area (Å²) in [7, 11) is 0. The number of amides is 1.